The van der Waals surface area contributed by atoms with Crippen molar-refractivity contribution in [3.05, 3.63) is 47.7 Å². The smallest absolute Gasteiger partial charge is 0.312 e. The number of sulfone groups is 1. The molecule has 0 amide bonds. The molecule has 1 aromatic rings. The fourth-order valence-corrected chi connectivity index (χ4v) is 16.0. The Balaban J connectivity index is 0.953. The van der Waals surface area contributed by atoms with Crippen LogP contribution in [0.25, 0.3) is 0 Å². The van der Waals surface area contributed by atoms with Gasteiger partial charge >= 0.3 is 5.97 Å². The average Bonchev–Trinajstić information content (AvgIpc) is 3.60. The van der Waals surface area contributed by atoms with Crippen molar-refractivity contribution in [3.8, 4) is 5.88 Å². The Morgan fingerprint density at radius 3 is 2.46 bits per heavy atom. The molecule has 57 heavy (non-hydrogen) atoms. The van der Waals surface area contributed by atoms with Gasteiger partial charge in [-0.3, -0.25) is 4.79 Å². The first-order valence-electron chi connectivity index (χ1n) is 23.0. The van der Waals surface area contributed by atoms with Crippen molar-refractivity contribution in [3.63, 3.8) is 0 Å². The second-order valence-corrected chi connectivity index (χ2v) is 23.2. The molecular formula is C48H73N3O5S. The van der Waals surface area contributed by atoms with Crippen molar-refractivity contribution in [2.45, 2.75) is 143 Å². The van der Waals surface area contributed by atoms with E-state index in [4.69, 9.17) is 9.47 Å². The van der Waals surface area contributed by atoms with E-state index in [2.05, 4.69) is 55.0 Å². The Hall–Kier alpha value is -2.23. The highest BCUT2D eigenvalue weighted by atomic mass is 32.2. The number of carbonyl (C=O) groups is 1. The number of esters is 1. The summed E-state index contributed by atoms with van der Waals surface area (Å²) in [6.07, 6.45) is 22.9. The molecule has 316 valence electrons. The van der Waals surface area contributed by atoms with Crippen LogP contribution in [0.15, 0.2) is 47.7 Å². The first-order chi connectivity index (χ1) is 27.1. The summed E-state index contributed by atoms with van der Waals surface area (Å²) in [7, 11) is -2.84. The van der Waals surface area contributed by atoms with Gasteiger partial charge in [-0.1, -0.05) is 52.3 Å². The summed E-state index contributed by atoms with van der Waals surface area (Å²) in [4.78, 5) is 20.4. The van der Waals surface area contributed by atoms with Gasteiger partial charge in [-0.25, -0.2) is 13.4 Å². The predicted molar refractivity (Wildman–Crippen MR) is 227 cm³/mol. The fraction of sp³-hybridized carbons (Fsp3) is 0.792. The van der Waals surface area contributed by atoms with E-state index in [0.717, 1.165) is 43.7 Å². The van der Waals surface area contributed by atoms with Gasteiger partial charge in [0.1, 0.15) is 0 Å². The topological polar surface area (TPSA) is 97.8 Å². The van der Waals surface area contributed by atoms with Crippen molar-refractivity contribution >= 4 is 15.8 Å². The highest BCUT2D eigenvalue weighted by Gasteiger charge is 2.68. The van der Waals surface area contributed by atoms with Crippen LogP contribution >= 0.6 is 0 Å². The van der Waals surface area contributed by atoms with Crippen LogP contribution in [0.1, 0.15) is 131 Å². The lowest BCUT2D eigenvalue weighted by molar-refractivity contribution is -0.212. The predicted octanol–water partition coefficient (Wildman–Crippen LogP) is 8.97. The average molecular weight is 804 g/mol. The van der Waals surface area contributed by atoms with E-state index in [9.17, 15) is 13.2 Å². The molecule has 1 N–H and O–H groups in total. The van der Waals surface area contributed by atoms with Crippen LogP contribution in [0.5, 0.6) is 5.88 Å². The number of carbonyl (C=O) groups excluding carboxylic acids is 1. The summed E-state index contributed by atoms with van der Waals surface area (Å²) >= 11 is 0. The number of nitrogens with one attached hydrogen (secondary N) is 1. The van der Waals surface area contributed by atoms with Crippen LogP contribution in [-0.4, -0.2) is 80.2 Å². The molecule has 0 bridgehead atoms. The van der Waals surface area contributed by atoms with Crippen molar-refractivity contribution in [1.29, 1.82) is 0 Å². The number of hydrogen-bond acceptors (Lipinski definition) is 8. The van der Waals surface area contributed by atoms with Crippen LogP contribution in [0.4, 0.5) is 0 Å². The Morgan fingerprint density at radius 2 is 1.74 bits per heavy atom. The molecule has 9 heteroatoms. The van der Waals surface area contributed by atoms with Crippen LogP contribution in [0.2, 0.25) is 0 Å². The normalized spacial score (nSPS) is 41.5. The van der Waals surface area contributed by atoms with E-state index in [1.807, 2.05) is 32.0 Å². The summed E-state index contributed by atoms with van der Waals surface area (Å²) in [6, 6.07) is 5.68. The summed E-state index contributed by atoms with van der Waals surface area (Å²) < 4.78 is 35.9. The first-order valence-corrected chi connectivity index (χ1v) is 24.8. The van der Waals surface area contributed by atoms with Crippen molar-refractivity contribution in [2.75, 3.05) is 44.3 Å². The molecule has 1 aromatic heterocycles. The van der Waals surface area contributed by atoms with Crippen LogP contribution < -0.4 is 10.1 Å². The molecule has 2 heterocycles. The summed E-state index contributed by atoms with van der Waals surface area (Å²) in [5.74, 6) is 4.61. The molecule has 6 aliphatic carbocycles. The van der Waals surface area contributed by atoms with Gasteiger partial charge in [0.15, 0.2) is 9.84 Å². The SMILES string of the molecule is CC(C)OC(=O)C1(CCOc2ccccn2)CC=C(C2=CCC3(C)C(CCC4(C)C3CCC3C5CCCC5(NCCN5CCS(=O)(=O)CC5)CC[C@]34C)C2C)CC1. The molecule has 4 saturated carbocycles. The molecule has 9 unspecified atom stereocenters. The lowest BCUT2D eigenvalue weighted by Gasteiger charge is -2.71. The monoisotopic (exact) mass is 804 g/mol. The molecule has 0 radical (unpaired) electrons. The highest BCUT2D eigenvalue weighted by molar-refractivity contribution is 7.91. The number of allylic oxidation sites excluding steroid dienone is 4. The summed E-state index contributed by atoms with van der Waals surface area (Å²) in [5, 5.41) is 4.19. The Kier molecular flexibility index (Phi) is 11.4. The van der Waals surface area contributed by atoms with E-state index < -0.39 is 15.3 Å². The maximum absolute atomic E-state index is 13.7. The van der Waals surface area contributed by atoms with E-state index in [1.165, 1.54) is 69.8 Å². The zero-order chi connectivity index (χ0) is 40.3. The molecule has 8 rings (SSSR count). The van der Waals surface area contributed by atoms with Gasteiger partial charge in [-0.2, -0.15) is 0 Å². The largest absolute Gasteiger partial charge is 0.478 e. The minimum absolute atomic E-state index is 0.0864. The molecule has 10 atom stereocenters. The summed E-state index contributed by atoms with van der Waals surface area (Å²) in [6.45, 7) is 18.3. The number of nitrogens with zero attached hydrogens (tertiary/aromatic N) is 2. The lowest BCUT2D eigenvalue weighted by atomic mass is 9.34. The molecule has 8 nitrogen and oxygen atoms in total. The molecule has 0 spiro atoms. The minimum atomic E-state index is -2.84. The highest BCUT2D eigenvalue weighted by Crippen LogP contribution is 2.75. The third-order valence-electron chi connectivity index (χ3n) is 18.1. The van der Waals surface area contributed by atoms with E-state index in [-0.39, 0.29) is 17.6 Å². The number of rotatable bonds is 11. The number of fused-ring (bicyclic) bond motifs is 7. The maximum Gasteiger partial charge on any atom is 0.312 e. The van der Waals surface area contributed by atoms with Gasteiger partial charge in [0.25, 0.3) is 0 Å². The van der Waals surface area contributed by atoms with Gasteiger partial charge < -0.3 is 19.7 Å². The first kappa shape index (κ1) is 41.5. The van der Waals surface area contributed by atoms with E-state index in [0.29, 0.717) is 78.0 Å². The van der Waals surface area contributed by atoms with Gasteiger partial charge in [-0.05, 0) is 160 Å². The Morgan fingerprint density at radius 1 is 0.930 bits per heavy atom. The quantitative estimate of drug-likeness (QED) is 0.222. The fourth-order valence-electron chi connectivity index (χ4n) is 14.8. The van der Waals surface area contributed by atoms with Crippen LogP contribution in [0.3, 0.4) is 0 Å². The van der Waals surface area contributed by atoms with E-state index >= 15 is 0 Å². The van der Waals surface area contributed by atoms with Gasteiger partial charge in [0.05, 0.1) is 29.6 Å². The molecule has 1 aliphatic heterocycles. The number of aromatic nitrogens is 1. The van der Waals surface area contributed by atoms with Gasteiger partial charge in [0.2, 0.25) is 5.88 Å². The summed E-state index contributed by atoms with van der Waals surface area (Å²) in [5.41, 5.74) is 3.73. The van der Waals surface area contributed by atoms with Crippen LogP contribution in [0, 0.1) is 51.2 Å². The second kappa shape index (κ2) is 15.7. The molecule has 0 aromatic carbocycles. The minimum Gasteiger partial charge on any atom is -0.478 e. The van der Waals surface area contributed by atoms with E-state index in [1.54, 1.807) is 11.8 Å². The van der Waals surface area contributed by atoms with Crippen LogP contribution in [-0.2, 0) is 19.4 Å². The van der Waals surface area contributed by atoms with Crippen molar-refractivity contribution < 1.29 is 22.7 Å². The number of pyridine rings is 1. The molecule has 1 saturated heterocycles. The Labute approximate surface area is 344 Å². The zero-order valence-corrected chi connectivity index (χ0v) is 36.9. The number of hydrogen-bond donors (Lipinski definition) is 1. The lowest BCUT2D eigenvalue weighted by Crippen LogP contribution is -2.67. The van der Waals surface area contributed by atoms with Gasteiger partial charge in [-0.15, -0.1) is 0 Å². The molecule has 7 aliphatic rings. The van der Waals surface area contributed by atoms with Gasteiger partial charge in [0, 0.05) is 44.0 Å². The second-order valence-electron chi connectivity index (χ2n) is 20.9. The van der Waals surface area contributed by atoms with Crippen molar-refractivity contribution in [2.24, 2.45) is 51.2 Å². The zero-order valence-electron chi connectivity index (χ0n) is 36.1. The number of ether oxygens (including phenoxy) is 2. The molecular weight excluding hydrogens is 731 g/mol. The third kappa shape index (κ3) is 7.38. The standard InChI is InChI=1S/C48H73N3O5S/c1-34(2)56-43(52)47(25-31-55-42-11-7-8-26-49-42)21-14-36(15-22-47)37-16-19-44(4)38(35(37)3)17-20-46(6)41(44)13-12-39-40-10-9-18-48(40,24-23-45(39,46)5)50-27-28-51-29-32-57(53,54)33-30-51/h7-8,11,14,16,26,34-35,38-41,50H,9-10,12-13,15,17-25,27-33H2,1-6H3/t35?,38?,39?,40?,41?,44?,45-,46?,47?,48?/m1/s1. The Bertz CT molecular complexity index is 1800. The maximum atomic E-state index is 13.7. The molecule has 5 fully saturated rings. The third-order valence-corrected chi connectivity index (χ3v) is 19.7. The van der Waals surface area contributed by atoms with Crippen molar-refractivity contribution in [1.82, 2.24) is 15.2 Å².